The molecule has 0 unspecified atom stereocenters. The van der Waals surface area contributed by atoms with Gasteiger partial charge < -0.3 is 4.57 Å². The zero-order valence-corrected chi connectivity index (χ0v) is 10.3. The SMILES string of the molecule is CC.CC.Cn1cnc2c(=O)[nH]c(=O)[nH]c21. The van der Waals surface area contributed by atoms with Gasteiger partial charge in [0.25, 0.3) is 5.56 Å². The number of H-pyrrole nitrogens is 2. The smallest absolute Gasteiger partial charge is 0.320 e. The third kappa shape index (κ3) is 2.82. The molecular weight excluding hydrogens is 208 g/mol. The van der Waals surface area contributed by atoms with E-state index in [2.05, 4.69) is 15.0 Å². The lowest BCUT2D eigenvalue weighted by Gasteiger charge is -1.90. The second kappa shape index (κ2) is 6.60. The van der Waals surface area contributed by atoms with Crippen LogP contribution in [0.4, 0.5) is 0 Å². The number of aryl methyl sites for hydroxylation is 1. The third-order valence-corrected chi connectivity index (χ3v) is 1.61. The van der Waals surface area contributed by atoms with E-state index in [0.717, 1.165) is 0 Å². The molecule has 0 fully saturated rings. The lowest BCUT2D eigenvalue weighted by molar-refractivity contribution is 0.919. The lowest BCUT2D eigenvalue weighted by Crippen LogP contribution is -2.22. The molecule has 16 heavy (non-hydrogen) atoms. The summed E-state index contributed by atoms with van der Waals surface area (Å²) < 4.78 is 1.58. The number of hydrogen-bond acceptors (Lipinski definition) is 3. The van der Waals surface area contributed by atoms with Gasteiger partial charge in [0.2, 0.25) is 0 Å². The van der Waals surface area contributed by atoms with E-state index in [-0.39, 0.29) is 5.52 Å². The van der Waals surface area contributed by atoms with Crippen LogP contribution in [0.2, 0.25) is 0 Å². The Morgan fingerprint density at radius 1 is 1.12 bits per heavy atom. The van der Waals surface area contributed by atoms with Crippen LogP contribution < -0.4 is 11.2 Å². The number of nitrogens with one attached hydrogen (secondary N) is 2. The summed E-state index contributed by atoms with van der Waals surface area (Å²) >= 11 is 0. The molecule has 2 heterocycles. The first-order valence-corrected chi connectivity index (χ1v) is 5.32. The molecule has 0 aromatic carbocycles. The van der Waals surface area contributed by atoms with Gasteiger partial charge in [-0.15, -0.1) is 0 Å². The fraction of sp³-hybridized carbons (Fsp3) is 0.500. The van der Waals surface area contributed by atoms with Crippen molar-refractivity contribution in [2.75, 3.05) is 0 Å². The quantitative estimate of drug-likeness (QED) is 0.703. The molecule has 0 saturated heterocycles. The molecule has 2 aromatic rings. The summed E-state index contributed by atoms with van der Waals surface area (Å²) in [5.41, 5.74) is -0.300. The molecule has 90 valence electrons. The van der Waals surface area contributed by atoms with Crippen LogP contribution in [0.3, 0.4) is 0 Å². The second-order valence-electron chi connectivity index (χ2n) is 2.46. The van der Waals surface area contributed by atoms with Crippen LogP contribution in [0.15, 0.2) is 15.9 Å². The van der Waals surface area contributed by atoms with E-state index in [0.29, 0.717) is 5.65 Å². The molecular formula is C10H18N4O2. The van der Waals surface area contributed by atoms with Gasteiger partial charge in [0, 0.05) is 7.05 Å². The van der Waals surface area contributed by atoms with Crippen LogP contribution in [0.1, 0.15) is 27.7 Å². The summed E-state index contributed by atoms with van der Waals surface area (Å²) in [6, 6.07) is 0. The number of imidazole rings is 1. The highest BCUT2D eigenvalue weighted by atomic mass is 16.2. The molecule has 0 aliphatic carbocycles. The standard InChI is InChI=1S/C6H6N4O2.2C2H6/c1-10-2-7-3-4(10)8-6(12)9-5(3)11;2*1-2/h2H,1H3,(H2,8,9,11,12);2*1-2H3. The first kappa shape index (κ1) is 14.2. The van der Waals surface area contributed by atoms with E-state index in [1.807, 2.05) is 27.7 Å². The zero-order chi connectivity index (χ0) is 12.7. The molecule has 0 aliphatic heterocycles. The van der Waals surface area contributed by atoms with E-state index in [4.69, 9.17) is 0 Å². The molecule has 0 bridgehead atoms. The fourth-order valence-electron chi connectivity index (χ4n) is 1.04. The van der Waals surface area contributed by atoms with Crippen molar-refractivity contribution in [1.82, 2.24) is 19.5 Å². The monoisotopic (exact) mass is 226 g/mol. The van der Waals surface area contributed by atoms with E-state index >= 15 is 0 Å². The number of aromatic nitrogens is 4. The normalized spacial score (nSPS) is 8.81. The van der Waals surface area contributed by atoms with Gasteiger partial charge in [-0.2, -0.15) is 0 Å². The van der Waals surface area contributed by atoms with E-state index in [1.165, 1.54) is 6.33 Å². The largest absolute Gasteiger partial charge is 0.327 e. The highest BCUT2D eigenvalue weighted by molar-refractivity contribution is 5.68. The Hall–Kier alpha value is -1.85. The van der Waals surface area contributed by atoms with Crippen LogP contribution in [0.25, 0.3) is 11.2 Å². The maximum Gasteiger partial charge on any atom is 0.327 e. The van der Waals surface area contributed by atoms with Gasteiger partial charge >= 0.3 is 5.69 Å². The van der Waals surface area contributed by atoms with Crippen molar-refractivity contribution in [2.24, 2.45) is 7.05 Å². The van der Waals surface area contributed by atoms with Gasteiger partial charge in [-0.3, -0.25) is 14.8 Å². The molecule has 0 radical (unpaired) electrons. The van der Waals surface area contributed by atoms with Crippen LogP contribution in [0, 0.1) is 0 Å². The van der Waals surface area contributed by atoms with Crippen molar-refractivity contribution >= 4 is 11.2 Å². The van der Waals surface area contributed by atoms with Crippen molar-refractivity contribution in [3.63, 3.8) is 0 Å². The van der Waals surface area contributed by atoms with Crippen molar-refractivity contribution in [3.05, 3.63) is 27.2 Å². The molecule has 2 N–H and O–H groups in total. The molecule has 0 amide bonds. The number of rotatable bonds is 0. The lowest BCUT2D eigenvalue weighted by atomic mass is 10.5. The number of nitrogens with zero attached hydrogens (tertiary/aromatic N) is 2. The first-order valence-electron chi connectivity index (χ1n) is 5.32. The molecule has 0 aliphatic rings. The van der Waals surface area contributed by atoms with Crippen molar-refractivity contribution in [1.29, 1.82) is 0 Å². The molecule has 6 nitrogen and oxygen atoms in total. The predicted molar refractivity (Wildman–Crippen MR) is 64.7 cm³/mol. The van der Waals surface area contributed by atoms with Gasteiger partial charge in [-0.25, -0.2) is 9.78 Å². The van der Waals surface area contributed by atoms with Crippen molar-refractivity contribution < 1.29 is 0 Å². The van der Waals surface area contributed by atoms with Gasteiger partial charge in [-0.1, -0.05) is 27.7 Å². The zero-order valence-electron chi connectivity index (χ0n) is 10.3. The summed E-state index contributed by atoms with van der Waals surface area (Å²) in [5, 5.41) is 0. The van der Waals surface area contributed by atoms with Crippen LogP contribution >= 0.6 is 0 Å². The summed E-state index contributed by atoms with van der Waals surface area (Å²) in [6.07, 6.45) is 1.47. The first-order chi connectivity index (χ1) is 7.68. The summed E-state index contributed by atoms with van der Waals surface area (Å²) in [7, 11) is 1.70. The minimum Gasteiger partial charge on any atom is -0.320 e. The topological polar surface area (TPSA) is 83.5 Å². The fourth-order valence-corrected chi connectivity index (χ4v) is 1.04. The maximum atomic E-state index is 11.1. The Labute approximate surface area is 93.4 Å². The Morgan fingerprint density at radius 3 is 2.25 bits per heavy atom. The van der Waals surface area contributed by atoms with Gasteiger partial charge in [0.15, 0.2) is 5.52 Å². The number of aromatic amines is 2. The molecule has 2 aromatic heterocycles. The Balaban J connectivity index is 0.000000509. The van der Waals surface area contributed by atoms with Gasteiger partial charge in [-0.05, 0) is 0 Å². The predicted octanol–water partition coefficient (Wildman–Crippen LogP) is 1.00. The van der Waals surface area contributed by atoms with Gasteiger partial charge in [0.1, 0.15) is 5.65 Å². The average molecular weight is 226 g/mol. The number of fused-ring (bicyclic) bond motifs is 1. The molecule has 0 spiro atoms. The molecule has 2 rings (SSSR count). The summed E-state index contributed by atoms with van der Waals surface area (Å²) in [5.74, 6) is 0. The minimum absolute atomic E-state index is 0.247. The van der Waals surface area contributed by atoms with E-state index < -0.39 is 11.2 Å². The van der Waals surface area contributed by atoms with Crippen LogP contribution in [-0.4, -0.2) is 19.5 Å². The Bertz CT molecular complexity index is 535. The number of hydrogen-bond donors (Lipinski definition) is 2. The summed E-state index contributed by atoms with van der Waals surface area (Å²) in [6.45, 7) is 8.00. The van der Waals surface area contributed by atoms with Crippen LogP contribution in [-0.2, 0) is 7.05 Å². The van der Waals surface area contributed by atoms with Crippen LogP contribution in [0.5, 0.6) is 0 Å². The Morgan fingerprint density at radius 2 is 1.69 bits per heavy atom. The minimum atomic E-state index is -0.517. The van der Waals surface area contributed by atoms with Gasteiger partial charge in [0.05, 0.1) is 6.33 Å². The molecule has 0 saturated carbocycles. The third-order valence-electron chi connectivity index (χ3n) is 1.61. The maximum absolute atomic E-state index is 11.1. The highest BCUT2D eigenvalue weighted by Crippen LogP contribution is 1.97. The molecule has 0 atom stereocenters. The Kier molecular flexibility index (Phi) is 5.84. The second-order valence-corrected chi connectivity index (χ2v) is 2.46. The molecule has 6 heteroatoms. The summed E-state index contributed by atoms with van der Waals surface area (Å²) in [4.78, 5) is 30.2. The highest BCUT2D eigenvalue weighted by Gasteiger charge is 2.03. The van der Waals surface area contributed by atoms with E-state index in [1.54, 1.807) is 11.6 Å². The van der Waals surface area contributed by atoms with Crippen molar-refractivity contribution in [3.8, 4) is 0 Å². The van der Waals surface area contributed by atoms with E-state index in [9.17, 15) is 9.59 Å². The average Bonchev–Trinajstić information content (AvgIpc) is 2.67. The van der Waals surface area contributed by atoms with Crippen molar-refractivity contribution in [2.45, 2.75) is 27.7 Å².